The molecule has 0 atom stereocenters. The summed E-state index contributed by atoms with van der Waals surface area (Å²) in [7, 11) is 4.97. The van der Waals surface area contributed by atoms with E-state index in [1.165, 1.54) is 0 Å². The standard InChI is InChI=1S/C12H14N2O3/c1-13-12-14-7-11(17-12)9-5-4-8(15-2)6-10(9)16-3/h4-7H,1-3H3,(H,13,14). The van der Waals surface area contributed by atoms with Crippen LogP contribution in [0.4, 0.5) is 6.01 Å². The van der Waals surface area contributed by atoms with E-state index in [1.54, 1.807) is 33.5 Å². The number of nitrogens with one attached hydrogen (secondary N) is 1. The lowest BCUT2D eigenvalue weighted by Crippen LogP contribution is -1.89. The predicted molar refractivity (Wildman–Crippen MR) is 64.6 cm³/mol. The van der Waals surface area contributed by atoms with E-state index in [-0.39, 0.29) is 0 Å². The molecule has 0 amide bonds. The Kier molecular flexibility index (Phi) is 3.18. The van der Waals surface area contributed by atoms with Crippen molar-refractivity contribution in [3.05, 3.63) is 24.4 Å². The maximum Gasteiger partial charge on any atom is 0.294 e. The average molecular weight is 234 g/mol. The highest BCUT2D eigenvalue weighted by atomic mass is 16.5. The van der Waals surface area contributed by atoms with Crippen molar-refractivity contribution >= 4 is 6.01 Å². The minimum absolute atomic E-state index is 0.470. The van der Waals surface area contributed by atoms with Gasteiger partial charge in [0.2, 0.25) is 0 Å². The fourth-order valence-electron chi connectivity index (χ4n) is 1.52. The minimum Gasteiger partial charge on any atom is -0.497 e. The van der Waals surface area contributed by atoms with Gasteiger partial charge in [0, 0.05) is 13.1 Å². The van der Waals surface area contributed by atoms with E-state index in [0.29, 0.717) is 17.5 Å². The summed E-state index contributed by atoms with van der Waals surface area (Å²) in [6.45, 7) is 0. The number of benzene rings is 1. The molecular weight excluding hydrogens is 220 g/mol. The quantitative estimate of drug-likeness (QED) is 0.880. The first kappa shape index (κ1) is 11.3. The highest BCUT2D eigenvalue weighted by Gasteiger charge is 2.11. The number of methoxy groups -OCH3 is 2. The topological polar surface area (TPSA) is 56.5 Å². The van der Waals surface area contributed by atoms with Crippen LogP contribution in [0.5, 0.6) is 11.5 Å². The Morgan fingerprint density at radius 3 is 2.65 bits per heavy atom. The fourth-order valence-corrected chi connectivity index (χ4v) is 1.52. The third-order valence-corrected chi connectivity index (χ3v) is 2.39. The van der Waals surface area contributed by atoms with Crippen LogP contribution in [0.1, 0.15) is 0 Å². The second-order valence-corrected chi connectivity index (χ2v) is 3.35. The first-order valence-corrected chi connectivity index (χ1v) is 5.14. The molecule has 0 saturated carbocycles. The van der Waals surface area contributed by atoms with Gasteiger partial charge in [-0.15, -0.1) is 0 Å². The van der Waals surface area contributed by atoms with Crippen molar-refractivity contribution in [3.63, 3.8) is 0 Å². The second-order valence-electron chi connectivity index (χ2n) is 3.35. The molecule has 90 valence electrons. The number of nitrogens with zero attached hydrogens (tertiary/aromatic N) is 1. The van der Waals surface area contributed by atoms with Crippen molar-refractivity contribution in [2.24, 2.45) is 0 Å². The van der Waals surface area contributed by atoms with Crippen LogP contribution in [0.15, 0.2) is 28.8 Å². The summed E-state index contributed by atoms with van der Waals surface area (Å²) in [5.74, 6) is 2.07. The van der Waals surface area contributed by atoms with E-state index in [9.17, 15) is 0 Å². The van der Waals surface area contributed by atoms with E-state index in [0.717, 1.165) is 11.3 Å². The Morgan fingerprint density at radius 1 is 1.24 bits per heavy atom. The van der Waals surface area contributed by atoms with Crippen LogP contribution in [0.3, 0.4) is 0 Å². The van der Waals surface area contributed by atoms with Crippen LogP contribution >= 0.6 is 0 Å². The molecular formula is C12H14N2O3. The molecule has 0 aliphatic heterocycles. The van der Waals surface area contributed by atoms with Gasteiger partial charge in [0.05, 0.1) is 26.0 Å². The van der Waals surface area contributed by atoms with Gasteiger partial charge in [-0.3, -0.25) is 0 Å². The van der Waals surface area contributed by atoms with Gasteiger partial charge in [-0.1, -0.05) is 0 Å². The van der Waals surface area contributed by atoms with Crippen molar-refractivity contribution in [2.75, 3.05) is 26.6 Å². The third kappa shape index (κ3) is 2.18. The largest absolute Gasteiger partial charge is 0.497 e. The van der Waals surface area contributed by atoms with Crippen LogP contribution in [0.2, 0.25) is 0 Å². The highest BCUT2D eigenvalue weighted by Crippen LogP contribution is 2.34. The number of rotatable bonds is 4. The molecule has 17 heavy (non-hydrogen) atoms. The number of oxazole rings is 1. The smallest absolute Gasteiger partial charge is 0.294 e. The monoisotopic (exact) mass is 234 g/mol. The van der Waals surface area contributed by atoms with Gasteiger partial charge in [-0.05, 0) is 12.1 Å². The zero-order chi connectivity index (χ0) is 12.3. The van der Waals surface area contributed by atoms with Crippen LogP contribution < -0.4 is 14.8 Å². The maximum atomic E-state index is 5.49. The lowest BCUT2D eigenvalue weighted by molar-refractivity contribution is 0.394. The Labute approximate surface area is 99.4 Å². The van der Waals surface area contributed by atoms with Gasteiger partial charge in [-0.2, -0.15) is 0 Å². The van der Waals surface area contributed by atoms with Crippen molar-refractivity contribution in [2.45, 2.75) is 0 Å². The number of aromatic nitrogens is 1. The van der Waals surface area contributed by atoms with Crippen molar-refractivity contribution in [1.29, 1.82) is 0 Å². The van der Waals surface area contributed by atoms with Crippen molar-refractivity contribution in [1.82, 2.24) is 4.98 Å². The number of hydrogen-bond acceptors (Lipinski definition) is 5. The molecule has 0 saturated heterocycles. The molecule has 0 spiro atoms. The van der Waals surface area contributed by atoms with Crippen molar-refractivity contribution in [3.8, 4) is 22.8 Å². The Morgan fingerprint density at radius 2 is 2.06 bits per heavy atom. The molecule has 0 unspecified atom stereocenters. The first-order valence-electron chi connectivity index (χ1n) is 5.14. The summed E-state index contributed by atoms with van der Waals surface area (Å²) < 4.78 is 15.9. The number of hydrogen-bond donors (Lipinski definition) is 1. The molecule has 5 nitrogen and oxygen atoms in total. The SMILES string of the molecule is CNc1ncc(-c2ccc(OC)cc2OC)o1. The summed E-state index contributed by atoms with van der Waals surface area (Å²) in [6, 6.07) is 5.99. The summed E-state index contributed by atoms with van der Waals surface area (Å²) in [6.07, 6.45) is 1.65. The normalized spacial score (nSPS) is 10.1. The summed E-state index contributed by atoms with van der Waals surface area (Å²) in [4.78, 5) is 4.06. The number of anilines is 1. The van der Waals surface area contributed by atoms with Gasteiger partial charge < -0.3 is 19.2 Å². The van der Waals surface area contributed by atoms with E-state index < -0.39 is 0 Å². The van der Waals surface area contributed by atoms with Gasteiger partial charge >= 0.3 is 0 Å². The molecule has 0 fully saturated rings. The molecule has 1 N–H and O–H groups in total. The van der Waals surface area contributed by atoms with Gasteiger partial charge in [-0.25, -0.2) is 4.98 Å². The Bertz CT molecular complexity index is 508. The Balaban J connectivity index is 2.43. The molecule has 0 aliphatic carbocycles. The van der Waals surface area contributed by atoms with E-state index in [1.807, 2.05) is 12.1 Å². The average Bonchev–Trinajstić information content (AvgIpc) is 2.86. The summed E-state index contributed by atoms with van der Waals surface area (Å²) in [5.41, 5.74) is 0.835. The third-order valence-electron chi connectivity index (χ3n) is 2.39. The molecule has 1 aromatic carbocycles. The van der Waals surface area contributed by atoms with Crippen LogP contribution in [-0.2, 0) is 0 Å². The highest BCUT2D eigenvalue weighted by molar-refractivity contribution is 5.67. The molecule has 0 radical (unpaired) electrons. The van der Waals surface area contributed by atoms with E-state index >= 15 is 0 Å². The first-order chi connectivity index (χ1) is 8.28. The summed E-state index contributed by atoms with van der Waals surface area (Å²) in [5, 5.41) is 2.83. The predicted octanol–water partition coefficient (Wildman–Crippen LogP) is 2.40. The van der Waals surface area contributed by atoms with Crippen LogP contribution in [0.25, 0.3) is 11.3 Å². The molecule has 2 aromatic rings. The molecule has 0 aliphatic rings. The zero-order valence-corrected chi connectivity index (χ0v) is 9.98. The molecule has 1 heterocycles. The molecule has 5 heteroatoms. The minimum atomic E-state index is 0.470. The molecule has 2 rings (SSSR count). The van der Waals surface area contributed by atoms with E-state index in [4.69, 9.17) is 13.9 Å². The van der Waals surface area contributed by atoms with Crippen LogP contribution in [0, 0.1) is 0 Å². The molecule has 0 bridgehead atoms. The van der Waals surface area contributed by atoms with Gasteiger partial charge in [0.25, 0.3) is 6.01 Å². The van der Waals surface area contributed by atoms with Crippen molar-refractivity contribution < 1.29 is 13.9 Å². The zero-order valence-electron chi connectivity index (χ0n) is 9.98. The lowest BCUT2D eigenvalue weighted by Gasteiger charge is -2.07. The number of ether oxygens (including phenoxy) is 2. The fraction of sp³-hybridized carbons (Fsp3) is 0.250. The second kappa shape index (κ2) is 4.78. The molecule has 1 aromatic heterocycles. The van der Waals surface area contributed by atoms with E-state index in [2.05, 4.69) is 10.3 Å². The van der Waals surface area contributed by atoms with Gasteiger partial charge in [0.15, 0.2) is 5.76 Å². The Hall–Kier alpha value is -2.17. The van der Waals surface area contributed by atoms with Gasteiger partial charge in [0.1, 0.15) is 11.5 Å². The summed E-state index contributed by atoms with van der Waals surface area (Å²) >= 11 is 0. The maximum absolute atomic E-state index is 5.49. The van der Waals surface area contributed by atoms with Crippen LogP contribution in [-0.4, -0.2) is 26.3 Å². The lowest BCUT2D eigenvalue weighted by atomic mass is 10.1.